The van der Waals surface area contributed by atoms with Crippen molar-refractivity contribution in [3.05, 3.63) is 12.5 Å². The van der Waals surface area contributed by atoms with Crippen LogP contribution in [-0.2, 0) is 16.6 Å². The maximum atomic E-state index is 12.2. The van der Waals surface area contributed by atoms with Crippen LogP contribution in [0.4, 0.5) is 0 Å². The van der Waals surface area contributed by atoms with Crippen LogP contribution in [0, 0.1) is 0 Å². The van der Waals surface area contributed by atoms with E-state index in [1.54, 1.807) is 11.5 Å². The molecule has 8 nitrogen and oxygen atoms in total. The molecule has 1 heterocycles. The minimum atomic E-state index is -3.72. The molecular weight excluding hydrogens is 258 g/mol. The molecule has 0 saturated carbocycles. The van der Waals surface area contributed by atoms with Crippen molar-refractivity contribution in [1.82, 2.24) is 13.9 Å². The maximum absolute atomic E-state index is 12.2. The Morgan fingerprint density at radius 3 is 2.72 bits per heavy atom. The third-order valence-corrected chi connectivity index (χ3v) is 4.20. The van der Waals surface area contributed by atoms with Crippen molar-refractivity contribution in [3.63, 3.8) is 0 Å². The molecule has 0 aliphatic heterocycles. The zero-order chi connectivity index (χ0) is 13.8. The summed E-state index contributed by atoms with van der Waals surface area (Å²) in [5.74, 6) is -0.171. The Labute approximate surface area is 106 Å². The Hall–Kier alpha value is -1.61. The summed E-state index contributed by atoms with van der Waals surface area (Å²) in [5, 5.41) is 11.2. The van der Waals surface area contributed by atoms with Crippen molar-refractivity contribution in [3.8, 4) is 0 Å². The normalized spacial score (nSPS) is 13.2. The standard InChI is InChI=1S/C9H17N5O3S/c1-3-13-6-9(11-7-13)18(16,17)14(4-2)5-8(10)12-15/h6-7,15H,3-5H2,1-2H3,(H2,10,12). The van der Waals surface area contributed by atoms with Crippen LogP contribution in [0.2, 0.25) is 0 Å². The molecule has 1 aromatic rings. The van der Waals surface area contributed by atoms with Gasteiger partial charge in [0.05, 0.1) is 12.9 Å². The lowest BCUT2D eigenvalue weighted by molar-refractivity contribution is 0.315. The molecular formula is C9H17N5O3S. The highest BCUT2D eigenvalue weighted by molar-refractivity contribution is 7.89. The van der Waals surface area contributed by atoms with Gasteiger partial charge in [-0.1, -0.05) is 12.1 Å². The minimum absolute atomic E-state index is 0.0445. The Balaban J connectivity index is 3.03. The predicted molar refractivity (Wildman–Crippen MR) is 65.7 cm³/mol. The lowest BCUT2D eigenvalue weighted by atomic mass is 10.6. The summed E-state index contributed by atoms with van der Waals surface area (Å²) in [7, 11) is -3.72. The zero-order valence-electron chi connectivity index (χ0n) is 10.3. The smallest absolute Gasteiger partial charge is 0.262 e. The highest BCUT2D eigenvalue weighted by Gasteiger charge is 2.26. The van der Waals surface area contributed by atoms with E-state index in [9.17, 15) is 8.42 Å². The van der Waals surface area contributed by atoms with Crippen LogP contribution in [0.15, 0.2) is 22.7 Å². The lowest BCUT2D eigenvalue weighted by Gasteiger charge is -2.17. The number of nitrogens with two attached hydrogens (primary N) is 1. The van der Waals surface area contributed by atoms with Crippen molar-refractivity contribution in [1.29, 1.82) is 0 Å². The van der Waals surface area contributed by atoms with Gasteiger partial charge in [-0.25, -0.2) is 13.4 Å². The first-order chi connectivity index (χ1) is 8.45. The zero-order valence-corrected chi connectivity index (χ0v) is 11.1. The van der Waals surface area contributed by atoms with Gasteiger partial charge >= 0.3 is 0 Å². The molecule has 9 heteroatoms. The molecule has 3 N–H and O–H groups in total. The molecule has 1 aromatic heterocycles. The first-order valence-corrected chi connectivity index (χ1v) is 6.88. The second-order valence-electron chi connectivity index (χ2n) is 3.56. The fourth-order valence-electron chi connectivity index (χ4n) is 1.36. The molecule has 0 amide bonds. The molecule has 0 unspecified atom stereocenters. The van der Waals surface area contributed by atoms with Crippen molar-refractivity contribution in [2.45, 2.75) is 25.4 Å². The van der Waals surface area contributed by atoms with Crippen LogP contribution >= 0.6 is 0 Å². The van der Waals surface area contributed by atoms with Gasteiger partial charge in [-0.15, -0.1) is 0 Å². The van der Waals surface area contributed by atoms with Crippen LogP contribution in [0.25, 0.3) is 0 Å². The summed E-state index contributed by atoms with van der Waals surface area (Å²) in [6.07, 6.45) is 2.90. The molecule has 0 aliphatic rings. The summed E-state index contributed by atoms with van der Waals surface area (Å²) in [6.45, 7) is 4.21. The number of imidazole rings is 1. The summed E-state index contributed by atoms with van der Waals surface area (Å²) >= 11 is 0. The van der Waals surface area contributed by atoms with Crippen molar-refractivity contribution >= 4 is 15.9 Å². The molecule has 0 spiro atoms. The molecule has 0 saturated heterocycles. The Morgan fingerprint density at radius 1 is 1.61 bits per heavy atom. The number of nitrogens with zero attached hydrogens (tertiary/aromatic N) is 4. The van der Waals surface area contributed by atoms with E-state index in [4.69, 9.17) is 10.9 Å². The third-order valence-electron chi connectivity index (χ3n) is 2.40. The fourth-order valence-corrected chi connectivity index (χ4v) is 2.71. The quantitative estimate of drug-likeness (QED) is 0.319. The average molecular weight is 275 g/mol. The van der Waals surface area contributed by atoms with Crippen LogP contribution in [0.5, 0.6) is 0 Å². The maximum Gasteiger partial charge on any atom is 0.262 e. The molecule has 0 fully saturated rings. The van der Waals surface area contributed by atoms with Crippen LogP contribution in [0.3, 0.4) is 0 Å². The molecule has 0 aliphatic carbocycles. The van der Waals surface area contributed by atoms with Gasteiger partial charge in [0.15, 0.2) is 10.9 Å². The van der Waals surface area contributed by atoms with Gasteiger partial charge in [-0.2, -0.15) is 4.31 Å². The first kappa shape index (κ1) is 14.5. The highest BCUT2D eigenvalue weighted by atomic mass is 32.2. The van der Waals surface area contributed by atoms with Gasteiger partial charge in [-0.05, 0) is 6.92 Å². The van der Waals surface area contributed by atoms with E-state index in [1.165, 1.54) is 12.5 Å². The molecule has 0 radical (unpaired) electrons. The third kappa shape index (κ3) is 2.99. The van der Waals surface area contributed by atoms with E-state index in [-0.39, 0.29) is 24.0 Å². The van der Waals surface area contributed by atoms with Gasteiger partial charge in [-0.3, -0.25) is 0 Å². The number of hydrogen-bond donors (Lipinski definition) is 2. The largest absolute Gasteiger partial charge is 0.409 e. The molecule has 0 bridgehead atoms. The first-order valence-electron chi connectivity index (χ1n) is 5.44. The Kier molecular flexibility index (Phi) is 4.68. The molecule has 0 aromatic carbocycles. The number of amidine groups is 1. The summed E-state index contributed by atoms with van der Waals surface area (Å²) in [6, 6.07) is 0. The van der Waals surface area contributed by atoms with Crippen LogP contribution in [0.1, 0.15) is 13.8 Å². The second-order valence-corrected chi connectivity index (χ2v) is 5.45. The van der Waals surface area contributed by atoms with E-state index < -0.39 is 10.0 Å². The Bertz CT molecular complexity index is 522. The lowest BCUT2D eigenvalue weighted by Crippen LogP contribution is -2.38. The van der Waals surface area contributed by atoms with Crippen molar-refractivity contribution in [2.75, 3.05) is 13.1 Å². The number of hydrogen-bond acceptors (Lipinski definition) is 5. The van der Waals surface area contributed by atoms with Crippen LogP contribution in [-0.4, -0.2) is 46.4 Å². The number of rotatable bonds is 6. The van der Waals surface area contributed by atoms with Gasteiger partial charge < -0.3 is 15.5 Å². The Morgan fingerprint density at radius 2 is 2.28 bits per heavy atom. The summed E-state index contributed by atoms with van der Waals surface area (Å²) in [5.41, 5.74) is 5.32. The molecule has 102 valence electrons. The van der Waals surface area contributed by atoms with E-state index in [0.717, 1.165) is 4.31 Å². The van der Waals surface area contributed by atoms with Gasteiger partial charge in [0.25, 0.3) is 10.0 Å². The SMILES string of the molecule is CCN(CC(N)=NO)S(=O)(=O)c1cn(CC)cn1. The number of likely N-dealkylation sites (N-methyl/N-ethyl adjacent to an activating group) is 1. The predicted octanol–water partition coefficient (Wildman–Crippen LogP) is -0.340. The average Bonchev–Trinajstić information content (AvgIpc) is 2.84. The van der Waals surface area contributed by atoms with Gasteiger partial charge in [0.2, 0.25) is 0 Å². The highest BCUT2D eigenvalue weighted by Crippen LogP contribution is 2.12. The number of oxime groups is 1. The molecule has 1 rings (SSSR count). The van der Waals surface area contributed by atoms with Crippen molar-refractivity contribution < 1.29 is 13.6 Å². The van der Waals surface area contributed by atoms with Crippen molar-refractivity contribution in [2.24, 2.45) is 10.9 Å². The monoisotopic (exact) mass is 275 g/mol. The number of sulfonamides is 1. The van der Waals surface area contributed by atoms with Gasteiger partial charge in [0.1, 0.15) is 0 Å². The van der Waals surface area contributed by atoms with E-state index >= 15 is 0 Å². The van der Waals surface area contributed by atoms with Gasteiger partial charge in [0, 0.05) is 19.3 Å². The summed E-state index contributed by atoms with van der Waals surface area (Å²) < 4.78 is 27.1. The summed E-state index contributed by atoms with van der Waals surface area (Å²) in [4.78, 5) is 3.85. The fraction of sp³-hybridized carbons (Fsp3) is 0.556. The number of aromatic nitrogens is 2. The molecule has 0 atom stereocenters. The van der Waals surface area contributed by atoms with Crippen LogP contribution < -0.4 is 5.73 Å². The molecule has 18 heavy (non-hydrogen) atoms. The topological polar surface area (TPSA) is 114 Å². The minimum Gasteiger partial charge on any atom is -0.409 e. The number of aryl methyl sites for hydroxylation is 1. The van der Waals surface area contributed by atoms with E-state index in [0.29, 0.717) is 6.54 Å². The second kappa shape index (κ2) is 5.83. The van der Waals surface area contributed by atoms with E-state index in [2.05, 4.69) is 10.1 Å². The van der Waals surface area contributed by atoms with E-state index in [1.807, 2.05) is 6.92 Å².